The number of hydrogen-bond acceptors (Lipinski definition) is 6. The molecular formula is C11H14N4O4. The molecule has 0 radical (unpaired) electrons. The lowest BCUT2D eigenvalue weighted by Gasteiger charge is -2.34. The first kappa shape index (κ1) is 13.2. The van der Waals surface area contributed by atoms with Crippen molar-refractivity contribution in [2.45, 2.75) is 13.0 Å². The number of carboxylic acid groups (broad SMARTS) is 1. The highest BCUT2D eigenvalue weighted by atomic mass is 16.6. The maximum absolute atomic E-state index is 11.2. The van der Waals surface area contributed by atoms with E-state index in [0.29, 0.717) is 31.0 Å². The van der Waals surface area contributed by atoms with Gasteiger partial charge in [0.05, 0.1) is 4.92 Å². The number of hydrogen-bond donors (Lipinski definition) is 2. The molecule has 0 saturated carbocycles. The molecule has 0 bridgehead atoms. The summed E-state index contributed by atoms with van der Waals surface area (Å²) in [7, 11) is 0. The smallest absolute Gasteiger partial charge is 0.327 e. The van der Waals surface area contributed by atoms with Crippen LogP contribution in [-0.4, -0.2) is 46.7 Å². The standard InChI is InChI=1S/C11H14N4O4/c1-7-4-10(13-6-8(7)15(18)19)14-3-2-12-5-9(14)11(16)17/h4,6,9,12H,2-3,5H2,1H3,(H,16,17). The quantitative estimate of drug-likeness (QED) is 0.592. The Kier molecular flexibility index (Phi) is 3.61. The van der Waals surface area contributed by atoms with Crippen LogP contribution in [-0.2, 0) is 4.79 Å². The molecule has 1 atom stereocenters. The molecule has 0 spiro atoms. The van der Waals surface area contributed by atoms with E-state index in [9.17, 15) is 14.9 Å². The van der Waals surface area contributed by atoms with Gasteiger partial charge < -0.3 is 15.3 Å². The highest BCUT2D eigenvalue weighted by Gasteiger charge is 2.29. The Bertz CT molecular complexity index is 519. The molecule has 1 aromatic heterocycles. The minimum absolute atomic E-state index is 0.0641. The SMILES string of the molecule is Cc1cc(N2CCNCC2C(=O)O)ncc1[N+](=O)[O-]. The van der Waals surface area contributed by atoms with E-state index in [1.807, 2.05) is 0 Å². The molecule has 1 unspecified atom stereocenters. The van der Waals surface area contributed by atoms with Crippen LogP contribution in [0.4, 0.5) is 11.5 Å². The number of carboxylic acids is 1. The zero-order chi connectivity index (χ0) is 14.0. The largest absolute Gasteiger partial charge is 0.480 e. The molecule has 2 heterocycles. The third kappa shape index (κ3) is 2.63. The van der Waals surface area contributed by atoms with E-state index in [2.05, 4.69) is 10.3 Å². The first-order chi connectivity index (χ1) is 9.00. The Labute approximate surface area is 109 Å². The molecule has 8 nitrogen and oxygen atoms in total. The summed E-state index contributed by atoms with van der Waals surface area (Å²) in [5.74, 6) is -0.484. The van der Waals surface area contributed by atoms with Crippen LogP contribution in [0.3, 0.4) is 0 Å². The average molecular weight is 266 g/mol. The number of piperazine rings is 1. The molecule has 1 saturated heterocycles. The number of carbonyl (C=O) groups is 1. The summed E-state index contributed by atoms with van der Waals surface area (Å²) in [6.45, 7) is 3.09. The van der Waals surface area contributed by atoms with Crippen LogP contribution in [0.1, 0.15) is 5.56 Å². The zero-order valence-electron chi connectivity index (χ0n) is 10.4. The van der Waals surface area contributed by atoms with E-state index >= 15 is 0 Å². The fourth-order valence-corrected chi connectivity index (χ4v) is 2.08. The van der Waals surface area contributed by atoms with Gasteiger partial charge in [-0.2, -0.15) is 0 Å². The predicted octanol–water partition coefficient (Wildman–Crippen LogP) is 0.161. The summed E-state index contributed by atoms with van der Waals surface area (Å²) in [6, 6.07) is 0.849. The number of aliphatic carboxylic acids is 1. The fourth-order valence-electron chi connectivity index (χ4n) is 2.08. The second-order valence-electron chi connectivity index (χ2n) is 4.34. The average Bonchev–Trinajstić information content (AvgIpc) is 2.38. The zero-order valence-corrected chi connectivity index (χ0v) is 10.4. The van der Waals surface area contributed by atoms with E-state index in [1.54, 1.807) is 17.9 Å². The van der Waals surface area contributed by atoms with Crippen LogP contribution >= 0.6 is 0 Å². The van der Waals surface area contributed by atoms with Crippen molar-refractivity contribution in [3.63, 3.8) is 0 Å². The van der Waals surface area contributed by atoms with E-state index in [0.717, 1.165) is 0 Å². The van der Waals surface area contributed by atoms with Crippen LogP contribution in [0, 0.1) is 17.0 Å². The molecule has 1 fully saturated rings. The second-order valence-corrected chi connectivity index (χ2v) is 4.34. The number of nitrogens with one attached hydrogen (secondary N) is 1. The summed E-state index contributed by atoms with van der Waals surface area (Å²) in [5.41, 5.74) is 0.406. The van der Waals surface area contributed by atoms with Crippen LogP contribution in [0.5, 0.6) is 0 Å². The van der Waals surface area contributed by atoms with Crippen molar-refractivity contribution >= 4 is 17.5 Å². The number of pyridine rings is 1. The summed E-state index contributed by atoms with van der Waals surface area (Å²) in [6.07, 6.45) is 1.17. The lowest BCUT2D eigenvalue weighted by atomic mass is 10.1. The van der Waals surface area contributed by atoms with Gasteiger partial charge in [0.1, 0.15) is 18.1 Å². The van der Waals surface area contributed by atoms with Crippen molar-refractivity contribution in [1.82, 2.24) is 10.3 Å². The van der Waals surface area contributed by atoms with E-state index < -0.39 is 16.9 Å². The predicted molar refractivity (Wildman–Crippen MR) is 67.3 cm³/mol. The minimum atomic E-state index is -0.940. The second kappa shape index (κ2) is 5.19. The van der Waals surface area contributed by atoms with Crippen molar-refractivity contribution in [3.8, 4) is 0 Å². The van der Waals surface area contributed by atoms with Gasteiger partial charge in [-0.3, -0.25) is 10.1 Å². The molecule has 1 aromatic rings. The number of anilines is 1. The Hall–Kier alpha value is -2.22. The highest BCUT2D eigenvalue weighted by Crippen LogP contribution is 2.23. The van der Waals surface area contributed by atoms with Crippen LogP contribution in [0.2, 0.25) is 0 Å². The topological polar surface area (TPSA) is 109 Å². The molecule has 0 amide bonds. The molecule has 102 valence electrons. The van der Waals surface area contributed by atoms with Crippen molar-refractivity contribution in [2.24, 2.45) is 0 Å². The van der Waals surface area contributed by atoms with E-state index in [-0.39, 0.29) is 5.69 Å². The third-order valence-corrected chi connectivity index (χ3v) is 3.09. The maximum atomic E-state index is 11.2. The molecule has 8 heteroatoms. The van der Waals surface area contributed by atoms with Gasteiger partial charge in [0.2, 0.25) is 0 Å². The maximum Gasteiger partial charge on any atom is 0.327 e. The van der Waals surface area contributed by atoms with Gasteiger partial charge in [-0.05, 0) is 13.0 Å². The first-order valence-corrected chi connectivity index (χ1v) is 5.82. The van der Waals surface area contributed by atoms with Gasteiger partial charge in [-0.1, -0.05) is 0 Å². The van der Waals surface area contributed by atoms with Crippen molar-refractivity contribution in [3.05, 3.63) is 27.9 Å². The third-order valence-electron chi connectivity index (χ3n) is 3.09. The fraction of sp³-hybridized carbons (Fsp3) is 0.455. The van der Waals surface area contributed by atoms with Gasteiger partial charge in [0.25, 0.3) is 5.69 Å². The van der Waals surface area contributed by atoms with Gasteiger partial charge in [0.15, 0.2) is 0 Å². The van der Waals surface area contributed by atoms with Gasteiger partial charge in [0, 0.05) is 25.2 Å². The van der Waals surface area contributed by atoms with Crippen molar-refractivity contribution in [1.29, 1.82) is 0 Å². The lowest BCUT2D eigenvalue weighted by Crippen LogP contribution is -2.55. The Morgan fingerprint density at radius 2 is 2.42 bits per heavy atom. The van der Waals surface area contributed by atoms with Gasteiger partial charge in [-0.25, -0.2) is 9.78 Å². The van der Waals surface area contributed by atoms with Crippen molar-refractivity contribution < 1.29 is 14.8 Å². The number of nitrogens with zero attached hydrogens (tertiary/aromatic N) is 3. The van der Waals surface area contributed by atoms with Crippen LogP contribution in [0.15, 0.2) is 12.3 Å². The molecular weight excluding hydrogens is 252 g/mol. The van der Waals surface area contributed by atoms with Gasteiger partial charge in [-0.15, -0.1) is 0 Å². The molecule has 1 aliphatic rings. The van der Waals surface area contributed by atoms with Crippen LogP contribution in [0.25, 0.3) is 0 Å². The molecule has 0 aromatic carbocycles. The van der Waals surface area contributed by atoms with E-state index in [1.165, 1.54) is 6.20 Å². The van der Waals surface area contributed by atoms with Crippen LogP contribution < -0.4 is 10.2 Å². The molecule has 2 rings (SSSR count). The number of aromatic nitrogens is 1. The number of aryl methyl sites for hydroxylation is 1. The molecule has 2 N–H and O–H groups in total. The Morgan fingerprint density at radius 3 is 3.00 bits per heavy atom. The summed E-state index contributed by atoms with van der Waals surface area (Å²) in [4.78, 5) is 27.1. The molecule has 0 aliphatic carbocycles. The summed E-state index contributed by atoms with van der Waals surface area (Å²) in [5, 5.41) is 22.9. The Morgan fingerprint density at radius 1 is 1.68 bits per heavy atom. The molecule has 1 aliphatic heterocycles. The first-order valence-electron chi connectivity index (χ1n) is 5.82. The van der Waals surface area contributed by atoms with Gasteiger partial charge >= 0.3 is 5.97 Å². The lowest BCUT2D eigenvalue weighted by molar-refractivity contribution is -0.385. The highest BCUT2D eigenvalue weighted by molar-refractivity contribution is 5.78. The summed E-state index contributed by atoms with van der Waals surface area (Å²) < 4.78 is 0. The number of nitro groups is 1. The van der Waals surface area contributed by atoms with Crippen molar-refractivity contribution in [2.75, 3.05) is 24.5 Å². The monoisotopic (exact) mass is 266 g/mol. The number of rotatable bonds is 3. The molecule has 19 heavy (non-hydrogen) atoms. The minimum Gasteiger partial charge on any atom is -0.480 e. The van der Waals surface area contributed by atoms with E-state index in [4.69, 9.17) is 5.11 Å². The Balaban J connectivity index is 2.32. The normalized spacial score (nSPS) is 19.2. The summed E-state index contributed by atoms with van der Waals surface area (Å²) >= 11 is 0.